The van der Waals surface area contributed by atoms with Crippen LogP contribution < -0.4 is 0 Å². The van der Waals surface area contributed by atoms with Crippen molar-refractivity contribution in [2.24, 2.45) is 0 Å². The molecule has 0 atom stereocenters. The Labute approximate surface area is 111 Å². The molecule has 0 saturated heterocycles. The molecule has 0 spiro atoms. The van der Waals surface area contributed by atoms with Crippen molar-refractivity contribution in [1.82, 2.24) is 20.2 Å². The Morgan fingerprint density at radius 2 is 2.05 bits per heavy atom. The quantitative estimate of drug-likeness (QED) is 0.849. The molecular weight excluding hydrogens is 244 g/mol. The zero-order chi connectivity index (χ0) is 13.7. The molecule has 0 aliphatic rings. The number of nitrogens with zero attached hydrogens (tertiary/aromatic N) is 4. The van der Waals surface area contributed by atoms with Crippen molar-refractivity contribution < 1.29 is 9.90 Å². The second-order valence-corrected chi connectivity index (χ2v) is 4.48. The smallest absolute Gasteiger partial charge is 0.303 e. The third-order valence-electron chi connectivity index (χ3n) is 2.85. The van der Waals surface area contributed by atoms with Crippen LogP contribution in [-0.4, -0.2) is 31.3 Å². The van der Waals surface area contributed by atoms with Crippen LogP contribution in [0.5, 0.6) is 0 Å². The maximum absolute atomic E-state index is 10.5. The van der Waals surface area contributed by atoms with Crippen molar-refractivity contribution in [1.29, 1.82) is 0 Å². The normalized spacial score (nSPS) is 10.6. The van der Waals surface area contributed by atoms with Gasteiger partial charge in [0, 0.05) is 19.4 Å². The largest absolute Gasteiger partial charge is 0.481 e. The number of aromatic nitrogens is 4. The Kier molecular flexibility index (Phi) is 4.22. The van der Waals surface area contributed by atoms with Crippen molar-refractivity contribution in [3.63, 3.8) is 0 Å². The zero-order valence-electron chi connectivity index (χ0n) is 10.8. The summed E-state index contributed by atoms with van der Waals surface area (Å²) in [6.07, 6.45) is 1.31. The molecule has 100 valence electrons. The molecule has 1 aromatic carbocycles. The predicted octanol–water partition coefficient (Wildman–Crippen LogP) is 1.44. The van der Waals surface area contributed by atoms with Crippen LogP contribution in [0.3, 0.4) is 0 Å². The van der Waals surface area contributed by atoms with Gasteiger partial charge in [0.2, 0.25) is 0 Å². The molecule has 1 heterocycles. The first-order valence-corrected chi connectivity index (χ1v) is 6.17. The third kappa shape index (κ3) is 3.87. The maximum Gasteiger partial charge on any atom is 0.303 e. The molecule has 0 unspecified atom stereocenters. The summed E-state index contributed by atoms with van der Waals surface area (Å²) in [4.78, 5) is 10.5. The van der Waals surface area contributed by atoms with Crippen molar-refractivity contribution in [3.05, 3.63) is 41.2 Å². The summed E-state index contributed by atoms with van der Waals surface area (Å²) in [6, 6.07) is 8.19. The van der Waals surface area contributed by atoms with Gasteiger partial charge in [-0.1, -0.05) is 29.8 Å². The van der Waals surface area contributed by atoms with E-state index in [2.05, 4.69) is 15.5 Å². The van der Waals surface area contributed by atoms with Gasteiger partial charge in [0.05, 0.1) is 0 Å². The molecule has 6 heteroatoms. The lowest BCUT2D eigenvalue weighted by Gasteiger charge is -2.04. The van der Waals surface area contributed by atoms with Crippen molar-refractivity contribution >= 4 is 5.97 Å². The first kappa shape index (κ1) is 13.2. The van der Waals surface area contributed by atoms with Crippen LogP contribution in [0.4, 0.5) is 0 Å². The van der Waals surface area contributed by atoms with Crippen LogP contribution in [0, 0.1) is 6.92 Å². The fourth-order valence-corrected chi connectivity index (χ4v) is 1.79. The van der Waals surface area contributed by atoms with Crippen LogP contribution >= 0.6 is 0 Å². The number of tetrazole rings is 1. The van der Waals surface area contributed by atoms with E-state index in [1.54, 1.807) is 4.68 Å². The van der Waals surface area contributed by atoms with Gasteiger partial charge in [-0.3, -0.25) is 4.79 Å². The summed E-state index contributed by atoms with van der Waals surface area (Å²) in [6.45, 7) is 2.57. The lowest BCUT2D eigenvalue weighted by Crippen LogP contribution is -2.08. The fourth-order valence-electron chi connectivity index (χ4n) is 1.79. The van der Waals surface area contributed by atoms with Crippen molar-refractivity contribution in [2.75, 3.05) is 0 Å². The topological polar surface area (TPSA) is 80.9 Å². The lowest BCUT2D eigenvalue weighted by atomic mass is 10.1. The summed E-state index contributed by atoms with van der Waals surface area (Å²) in [7, 11) is 0. The average molecular weight is 260 g/mol. The van der Waals surface area contributed by atoms with E-state index in [-0.39, 0.29) is 6.42 Å². The monoisotopic (exact) mass is 260 g/mol. The summed E-state index contributed by atoms with van der Waals surface area (Å²) >= 11 is 0. The Bertz CT molecular complexity index is 548. The first-order valence-electron chi connectivity index (χ1n) is 6.17. The Morgan fingerprint density at radius 1 is 1.32 bits per heavy atom. The average Bonchev–Trinajstić information content (AvgIpc) is 2.79. The highest BCUT2D eigenvalue weighted by molar-refractivity contribution is 5.66. The van der Waals surface area contributed by atoms with E-state index in [0.29, 0.717) is 19.4 Å². The first-order chi connectivity index (χ1) is 9.15. The molecule has 0 saturated carbocycles. The number of carbonyl (C=O) groups is 1. The second-order valence-electron chi connectivity index (χ2n) is 4.48. The molecule has 0 bridgehead atoms. The van der Waals surface area contributed by atoms with Gasteiger partial charge in [-0.25, -0.2) is 4.68 Å². The van der Waals surface area contributed by atoms with Gasteiger partial charge < -0.3 is 5.11 Å². The number of benzene rings is 1. The molecule has 2 rings (SSSR count). The Morgan fingerprint density at radius 3 is 2.74 bits per heavy atom. The zero-order valence-corrected chi connectivity index (χ0v) is 10.8. The minimum atomic E-state index is -0.798. The van der Waals surface area contributed by atoms with Gasteiger partial charge in [-0.2, -0.15) is 0 Å². The number of hydrogen-bond donors (Lipinski definition) is 1. The summed E-state index contributed by atoms with van der Waals surface area (Å²) in [5.41, 5.74) is 2.35. The minimum Gasteiger partial charge on any atom is -0.481 e. The number of rotatable bonds is 6. The molecule has 1 aromatic heterocycles. The van der Waals surface area contributed by atoms with Gasteiger partial charge in [0.1, 0.15) is 0 Å². The third-order valence-corrected chi connectivity index (χ3v) is 2.85. The van der Waals surface area contributed by atoms with Crippen LogP contribution in [0.15, 0.2) is 24.3 Å². The SMILES string of the molecule is Cc1ccc(Cc2nnnn2CCCC(=O)O)cc1. The molecule has 0 fully saturated rings. The van der Waals surface area contributed by atoms with Crippen molar-refractivity contribution in [3.8, 4) is 0 Å². The molecule has 0 radical (unpaired) electrons. The van der Waals surface area contributed by atoms with E-state index in [9.17, 15) is 4.79 Å². The summed E-state index contributed by atoms with van der Waals surface area (Å²) in [5, 5.41) is 20.1. The highest BCUT2D eigenvalue weighted by atomic mass is 16.4. The molecule has 6 nitrogen and oxygen atoms in total. The number of carboxylic acids is 1. The molecule has 0 aliphatic heterocycles. The van der Waals surface area contributed by atoms with E-state index in [4.69, 9.17) is 5.11 Å². The molecule has 0 amide bonds. The van der Waals surface area contributed by atoms with E-state index < -0.39 is 5.97 Å². The van der Waals surface area contributed by atoms with Crippen LogP contribution in [0.1, 0.15) is 29.8 Å². The Hall–Kier alpha value is -2.24. The summed E-state index contributed by atoms with van der Waals surface area (Å²) < 4.78 is 1.67. The standard InChI is InChI=1S/C13H16N4O2/c1-10-4-6-11(7-5-10)9-12-14-15-16-17(12)8-2-3-13(18)19/h4-7H,2-3,8-9H2,1H3,(H,18,19). The van der Waals surface area contributed by atoms with Gasteiger partial charge in [0.15, 0.2) is 5.82 Å². The second kappa shape index (κ2) is 6.08. The molecule has 19 heavy (non-hydrogen) atoms. The Balaban J connectivity index is 1.99. The molecule has 1 N–H and O–H groups in total. The highest BCUT2D eigenvalue weighted by Crippen LogP contribution is 2.08. The van der Waals surface area contributed by atoms with Gasteiger partial charge >= 0.3 is 5.97 Å². The van der Waals surface area contributed by atoms with Gasteiger partial charge in [-0.05, 0) is 29.3 Å². The van der Waals surface area contributed by atoms with E-state index in [1.807, 2.05) is 31.2 Å². The van der Waals surface area contributed by atoms with Gasteiger partial charge in [0.25, 0.3) is 0 Å². The van der Waals surface area contributed by atoms with E-state index >= 15 is 0 Å². The van der Waals surface area contributed by atoms with Crippen LogP contribution in [-0.2, 0) is 17.8 Å². The molecular formula is C13H16N4O2. The number of carboxylic acid groups (broad SMARTS) is 1. The maximum atomic E-state index is 10.5. The molecule has 0 aliphatic carbocycles. The van der Waals surface area contributed by atoms with Crippen LogP contribution in [0.2, 0.25) is 0 Å². The summed E-state index contributed by atoms with van der Waals surface area (Å²) in [5.74, 6) is -0.0394. The van der Waals surface area contributed by atoms with E-state index in [0.717, 1.165) is 11.4 Å². The number of hydrogen-bond acceptors (Lipinski definition) is 4. The lowest BCUT2D eigenvalue weighted by molar-refractivity contribution is -0.137. The fraction of sp³-hybridized carbons (Fsp3) is 0.385. The van der Waals surface area contributed by atoms with E-state index in [1.165, 1.54) is 5.56 Å². The molecule has 2 aromatic rings. The van der Waals surface area contributed by atoms with Gasteiger partial charge in [-0.15, -0.1) is 5.10 Å². The van der Waals surface area contributed by atoms with Crippen LogP contribution in [0.25, 0.3) is 0 Å². The van der Waals surface area contributed by atoms with Crippen molar-refractivity contribution in [2.45, 2.75) is 32.7 Å². The highest BCUT2D eigenvalue weighted by Gasteiger charge is 2.07. The number of aryl methyl sites for hydroxylation is 2. The number of aliphatic carboxylic acids is 1. The predicted molar refractivity (Wildman–Crippen MR) is 68.7 cm³/mol. The minimum absolute atomic E-state index is 0.129.